The second kappa shape index (κ2) is 4.56. The number of ether oxygens (including phenoxy) is 1. The molecule has 0 fully saturated rings. The first-order valence-electron chi connectivity index (χ1n) is 2.42. The molecule has 0 unspecified atom stereocenters. The van der Waals surface area contributed by atoms with E-state index >= 15 is 0 Å². The Morgan fingerprint density at radius 1 is 1.50 bits per heavy atom. The van der Waals surface area contributed by atoms with Crippen molar-refractivity contribution in [3.63, 3.8) is 0 Å². The molecule has 0 saturated carbocycles. The molecule has 0 atom stereocenters. The van der Waals surface area contributed by atoms with Gasteiger partial charge in [-0.25, -0.2) is 0 Å². The first-order chi connectivity index (χ1) is 3.85. The standard InChI is InChI=1S/C6H11NO/c1-3-6(4-2)8-5-7/h3-4,6H,1-2,5,7H2. The minimum absolute atomic E-state index is 0.0972. The Balaban J connectivity index is 3.35. The van der Waals surface area contributed by atoms with Gasteiger partial charge in [0.25, 0.3) is 0 Å². The Labute approximate surface area is 49.6 Å². The fraction of sp³-hybridized carbons (Fsp3) is 0.333. The molecule has 0 spiro atoms. The molecule has 0 saturated heterocycles. The van der Waals surface area contributed by atoms with Crippen molar-refractivity contribution in [3.8, 4) is 0 Å². The van der Waals surface area contributed by atoms with Crippen LogP contribution in [0.15, 0.2) is 25.3 Å². The van der Waals surface area contributed by atoms with E-state index in [4.69, 9.17) is 10.5 Å². The molecule has 46 valence electrons. The van der Waals surface area contributed by atoms with E-state index in [0.717, 1.165) is 0 Å². The van der Waals surface area contributed by atoms with Crippen molar-refractivity contribution in [1.82, 2.24) is 0 Å². The van der Waals surface area contributed by atoms with Crippen molar-refractivity contribution >= 4 is 0 Å². The predicted molar refractivity (Wildman–Crippen MR) is 34.3 cm³/mol. The van der Waals surface area contributed by atoms with Gasteiger partial charge in [0.05, 0.1) is 12.8 Å². The summed E-state index contributed by atoms with van der Waals surface area (Å²) in [5.41, 5.74) is 5.06. The third-order valence-electron chi connectivity index (χ3n) is 0.753. The Bertz CT molecular complexity index is 72.6. The highest BCUT2D eigenvalue weighted by molar-refractivity contribution is 4.93. The lowest BCUT2D eigenvalue weighted by Gasteiger charge is -2.03. The predicted octanol–water partition coefficient (Wildman–Crippen LogP) is 0.660. The highest BCUT2D eigenvalue weighted by Gasteiger charge is 1.91. The molecule has 8 heavy (non-hydrogen) atoms. The van der Waals surface area contributed by atoms with E-state index in [2.05, 4.69) is 13.2 Å². The number of rotatable bonds is 4. The van der Waals surface area contributed by atoms with Gasteiger partial charge >= 0.3 is 0 Å². The number of hydrogen-bond donors (Lipinski definition) is 1. The zero-order chi connectivity index (χ0) is 6.41. The summed E-state index contributed by atoms with van der Waals surface area (Å²) in [6, 6.07) is 0. The van der Waals surface area contributed by atoms with Crippen LogP contribution in [0.1, 0.15) is 0 Å². The van der Waals surface area contributed by atoms with E-state index in [-0.39, 0.29) is 12.8 Å². The minimum atomic E-state index is -0.0972. The van der Waals surface area contributed by atoms with Gasteiger partial charge in [0.2, 0.25) is 0 Å². The Morgan fingerprint density at radius 2 is 2.00 bits per heavy atom. The molecule has 0 aliphatic carbocycles. The second-order valence-electron chi connectivity index (χ2n) is 1.27. The van der Waals surface area contributed by atoms with E-state index < -0.39 is 0 Å². The van der Waals surface area contributed by atoms with Crippen molar-refractivity contribution in [3.05, 3.63) is 25.3 Å². The Hall–Kier alpha value is -0.600. The van der Waals surface area contributed by atoms with Gasteiger partial charge in [0, 0.05) is 0 Å². The molecule has 0 aromatic heterocycles. The van der Waals surface area contributed by atoms with Crippen LogP contribution in [0, 0.1) is 0 Å². The highest BCUT2D eigenvalue weighted by atomic mass is 16.5. The molecule has 2 nitrogen and oxygen atoms in total. The normalized spacial score (nSPS) is 9.25. The lowest BCUT2D eigenvalue weighted by molar-refractivity contribution is 0.122. The molecule has 0 aliphatic rings. The van der Waals surface area contributed by atoms with E-state index in [1.807, 2.05) is 0 Å². The molecule has 2 N–H and O–H groups in total. The average Bonchev–Trinajstić information content (AvgIpc) is 1.83. The Kier molecular flexibility index (Phi) is 4.21. The van der Waals surface area contributed by atoms with Crippen molar-refractivity contribution < 1.29 is 4.74 Å². The van der Waals surface area contributed by atoms with Crippen LogP contribution in [-0.2, 0) is 4.74 Å². The van der Waals surface area contributed by atoms with E-state index in [1.54, 1.807) is 12.2 Å². The molecule has 0 rings (SSSR count). The van der Waals surface area contributed by atoms with Gasteiger partial charge in [-0.05, 0) is 0 Å². The molecular weight excluding hydrogens is 102 g/mol. The van der Waals surface area contributed by atoms with Crippen LogP contribution >= 0.6 is 0 Å². The summed E-state index contributed by atoms with van der Waals surface area (Å²) in [7, 11) is 0. The van der Waals surface area contributed by atoms with Crippen LogP contribution in [-0.4, -0.2) is 12.8 Å². The van der Waals surface area contributed by atoms with Crippen molar-refractivity contribution in [1.29, 1.82) is 0 Å². The molecule has 0 radical (unpaired) electrons. The third kappa shape index (κ3) is 2.55. The molecule has 0 heterocycles. The first kappa shape index (κ1) is 7.40. The Morgan fingerprint density at radius 3 is 2.12 bits per heavy atom. The van der Waals surface area contributed by atoms with Crippen LogP contribution in [0.25, 0.3) is 0 Å². The zero-order valence-corrected chi connectivity index (χ0v) is 4.84. The molecule has 0 aromatic rings. The SMILES string of the molecule is C=CC(C=C)OCN. The summed E-state index contributed by atoms with van der Waals surface area (Å²) in [5.74, 6) is 0. The minimum Gasteiger partial charge on any atom is -0.355 e. The van der Waals surface area contributed by atoms with Gasteiger partial charge in [-0.15, -0.1) is 13.2 Å². The summed E-state index contributed by atoms with van der Waals surface area (Å²) in [4.78, 5) is 0. The lowest BCUT2D eigenvalue weighted by atomic mass is 10.3. The average molecular weight is 113 g/mol. The van der Waals surface area contributed by atoms with Crippen LogP contribution in [0.5, 0.6) is 0 Å². The van der Waals surface area contributed by atoms with Gasteiger partial charge in [0.1, 0.15) is 0 Å². The maximum Gasteiger partial charge on any atom is 0.0952 e. The summed E-state index contributed by atoms with van der Waals surface area (Å²) in [6.45, 7) is 7.21. The summed E-state index contributed by atoms with van der Waals surface area (Å²) < 4.78 is 4.88. The number of nitrogens with two attached hydrogens (primary N) is 1. The van der Waals surface area contributed by atoms with Crippen LogP contribution in [0.3, 0.4) is 0 Å². The molecular formula is C6H11NO. The van der Waals surface area contributed by atoms with Gasteiger partial charge in [-0.2, -0.15) is 0 Å². The fourth-order valence-corrected chi connectivity index (χ4v) is 0.343. The maximum absolute atomic E-state index is 5.06. The maximum atomic E-state index is 5.06. The molecule has 0 aromatic carbocycles. The van der Waals surface area contributed by atoms with Crippen LogP contribution in [0.4, 0.5) is 0 Å². The molecule has 2 heteroatoms. The van der Waals surface area contributed by atoms with Gasteiger partial charge < -0.3 is 10.5 Å². The highest BCUT2D eigenvalue weighted by Crippen LogP contribution is 1.90. The monoisotopic (exact) mass is 113 g/mol. The van der Waals surface area contributed by atoms with Gasteiger partial charge in [0.15, 0.2) is 0 Å². The van der Waals surface area contributed by atoms with Crippen molar-refractivity contribution in [2.75, 3.05) is 6.73 Å². The van der Waals surface area contributed by atoms with E-state index in [0.29, 0.717) is 0 Å². The van der Waals surface area contributed by atoms with E-state index in [1.165, 1.54) is 0 Å². The van der Waals surface area contributed by atoms with Crippen LogP contribution in [0.2, 0.25) is 0 Å². The quantitative estimate of drug-likeness (QED) is 0.429. The van der Waals surface area contributed by atoms with Crippen molar-refractivity contribution in [2.45, 2.75) is 6.10 Å². The van der Waals surface area contributed by atoms with Gasteiger partial charge in [-0.3, -0.25) is 0 Å². The largest absolute Gasteiger partial charge is 0.355 e. The summed E-state index contributed by atoms with van der Waals surface area (Å²) >= 11 is 0. The van der Waals surface area contributed by atoms with Crippen LogP contribution < -0.4 is 5.73 Å². The number of hydrogen-bond acceptors (Lipinski definition) is 2. The molecule has 0 aliphatic heterocycles. The summed E-state index contributed by atoms with van der Waals surface area (Å²) in [5, 5.41) is 0. The lowest BCUT2D eigenvalue weighted by Crippen LogP contribution is -2.12. The molecule has 0 bridgehead atoms. The smallest absolute Gasteiger partial charge is 0.0952 e. The topological polar surface area (TPSA) is 35.2 Å². The van der Waals surface area contributed by atoms with Crippen molar-refractivity contribution in [2.24, 2.45) is 5.73 Å². The first-order valence-corrected chi connectivity index (χ1v) is 2.42. The van der Waals surface area contributed by atoms with Gasteiger partial charge in [-0.1, -0.05) is 12.2 Å². The zero-order valence-electron chi connectivity index (χ0n) is 4.84. The second-order valence-corrected chi connectivity index (χ2v) is 1.27. The van der Waals surface area contributed by atoms with E-state index in [9.17, 15) is 0 Å². The summed E-state index contributed by atoms with van der Waals surface area (Å²) in [6.07, 6.45) is 3.18. The molecule has 0 amide bonds. The fourth-order valence-electron chi connectivity index (χ4n) is 0.343. The third-order valence-corrected chi connectivity index (χ3v) is 0.753.